The molecule has 94 valence electrons. The highest BCUT2D eigenvalue weighted by Gasteiger charge is 2.15. The first-order valence-electron chi connectivity index (χ1n) is 6.06. The summed E-state index contributed by atoms with van der Waals surface area (Å²) in [7, 11) is 1.85. The van der Waals surface area contributed by atoms with Crippen LogP contribution in [0.1, 0.15) is 24.5 Å². The third kappa shape index (κ3) is 3.86. The smallest absolute Gasteiger partial charge is 0.226 e. The average molecular weight is 234 g/mol. The first kappa shape index (κ1) is 13.7. The molecule has 2 N–H and O–H groups in total. The minimum Gasteiger partial charge on any atom is -0.343 e. The molecule has 1 atom stereocenters. The summed E-state index contributed by atoms with van der Waals surface area (Å²) >= 11 is 0. The number of carbonyl (C=O) groups excluding carboxylic acids is 1. The molecule has 1 amide bonds. The number of carbonyl (C=O) groups is 1. The largest absolute Gasteiger partial charge is 0.343 e. The maximum absolute atomic E-state index is 12.1. The topological polar surface area (TPSA) is 46.3 Å². The third-order valence-electron chi connectivity index (χ3n) is 3.24. The van der Waals surface area contributed by atoms with Crippen LogP contribution in [0.3, 0.4) is 0 Å². The van der Waals surface area contributed by atoms with Gasteiger partial charge < -0.3 is 10.6 Å². The Bertz CT molecular complexity index is 376. The molecule has 0 aliphatic rings. The Kier molecular flexibility index (Phi) is 5.16. The molecule has 0 bridgehead atoms. The second kappa shape index (κ2) is 6.40. The minimum atomic E-state index is 0.153. The van der Waals surface area contributed by atoms with Crippen molar-refractivity contribution in [2.24, 2.45) is 5.73 Å². The Morgan fingerprint density at radius 2 is 2.06 bits per heavy atom. The van der Waals surface area contributed by atoms with Gasteiger partial charge in [-0.3, -0.25) is 4.79 Å². The quantitative estimate of drug-likeness (QED) is 0.843. The first-order valence-corrected chi connectivity index (χ1v) is 6.06. The summed E-state index contributed by atoms with van der Waals surface area (Å²) in [6, 6.07) is 8.21. The van der Waals surface area contributed by atoms with Crippen molar-refractivity contribution >= 4 is 5.91 Å². The van der Waals surface area contributed by atoms with Gasteiger partial charge in [0.15, 0.2) is 0 Å². The second-order valence-electron chi connectivity index (χ2n) is 4.53. The van der Waals surface area contributed by atoms with Crippen LogP contribution in [-0.4, -0.2) is 30.4 Å². The van der Waals surface area contributed by atoms with Crippen molar-refractivity contribution in [1.29, 1.82) is 0 Å². The van der Waals surface area contributed by atoms with Gasteiger partial charge in [0.1, 0.15) is 0 Å². The van der Waals surface area contributed by atoms with Crippen LogP contribution in [0, 0.1) is 6.92 Å². The van der Waals surface area contributed by atoms with E-state index in [1.165, 1.54) is 5.56 Å². The van der Waals surface area contributed by atoms with Gasteiger partial charge >= 0.3 is 0 Å². The van der Waals surface area contributed by atoms with Crippen molar-refractivity contribution in [3.05, 3.63) is 35.4 Å². The van der Waals surface area contributed by atoms with Crippen LogP contribution in [-0.2, 0) is 11.2 Å². The summed E-state index contributed by atoms with van der Waals surface area (Å²) in [5.74, 6) is 0.153. The van der Waals surface area contributed by atoms with Crippen molar-refractivity contribution in [3.63, 3.8) is 0 Å². The number of rotatable bonds is 5. The fraction of sp³-hybridized carbons (Fsp3) is 0.500. The van der Waals surface area contributed by atoms with Crippen molar-refractivity contribution < 1.29 is 4.79 Å². The van der Waals surface area contributed by atoms with E-state index in [1.807, 2.05) is 45.2 Å². The number of aryl methyl sites for hydroxylation is 1. The number of hydrogen-bond donors (Lipinski definition) is 1. The summed E-state index contributed by atoms with van der Waals surface area (Å²) in [6.45, 7) is 4.68. The normalized spacial score (nSPS) is 12.2. The lowest BCUT2D eigenvalue weighted by atomic mass is 10.0. The average Bonchev–Trinajstić information content (AvgIpc) is 2.31. The second-order valence-corrected chi connectivity index (χ2v) is 4.53. The predicted molar refractivity (Wildman–Crippen MR) is 70.8 cm³/mol. The van der Waals surface area contributed by atoms with Gasteiger partial charge in [-0.15, -0.1) is 0 Å². The fourth-order valence-electron chi connectivity index (χ4n) is 1.78. The highest BCUT2D eigenvalue weighted by molar-refractivity contribution is 5.79. The minimum absolute atomic E-state index is 0.153. The number of benzene rings is 1. The number of amides is 1. The molecule has 0 saturated heterocycles. The number of likely N-dealkylation sites (N-methyl/N-ethyl adjacent to an activating group) is 1. The number of nitrogens with two attached hydrogens (primary N) is 1. The van der Waals surface area contributed by atoms with Gasteiger partial charge in [0.05, 0.1) is 6.42 Å². The Balaban J connectivity index is 2.63. The fourth-order valence-corrected chi connectivity index (χ4v) is 1.78. The van der Waals surface area contributed by atoms with Crippen LogP contribution < -0.4 is 5.73 Å². The molecule has 3 nitrogen and oxygen atoms in total. The SMILES string of the molecule is Cc1ccccc1CC(=O)N(C)C(C)CCN. The van der Waals surface area contributed by atoms with Gasteiger partial charge in [-0.1, -0.05) is 24.3 Å². The highest BCUT2D eigenvalue weighted by Crippen LogP contribution is 2.10. The first-order chi connectivity index (χ1) is 8.06. The molecular formula is C14H22N2O. The zero-order valence-corrected chi connectivity index (χ0v) is 10.9. The monoisotopic (exact) mass is 234 g/mol. The third-order valence-corrected chi connectivity index (χ3v) is 3.24. The summed E-state index contributed by atoms with van der Waals surface area (Å²) in [6.07, 6.45) is 1.31. The molecule has 0 radical (unpaired) electrons. The molecule has 0 aliphatic carbocycles. The summed E-state index contributed by atoms with van der Waals surface area (Å²) in [5.41, 5.74) is 7.77. The maximum Gasteiger partial charge on any atom is 0.226 e. The van der Waals surface area contributed by atoms with Crippen LogP contribution in [0.15, 0.2) is 24.3 Å². The van der Waals surface area contributed by atoms with Gasteiger partial charge in [0.2, 0.25) is 5.91 Å². The molecule has 1 unspecified atom stereocenters. The van der Waals surface area contributed by atoms with Crippen LogP contribution in [0.5, 0.6) is 0 Å². The van der Waals surface area contributed by atoms with Gasteiger partial charge in [-0.2, -0.15) is 0 Å². The number of hydrogen-bond acceptors (Lipinski definition) is 2. The van der Waals surface area contributed by atoms with Gasteiger partial charge in [-0.25, -0.2) is 0 Å². The molecule has 0 heterocycles. The Morgan fingerprint density at radius 3 is 2.65 bits per heavy atom. The summed E-state index contributed by atoms with van der Waals surface area (Å²) < 4.78 is 0. The summed E-state index contributed by atoms with van der Waals surface area (Å²) in [5, 5.41) is 0. The van der Waals surface area contributed by atoms with Crippen molar-refractivity contribution in [1.82, 2.24) is 4.90 Å². The van der Waals surface area contributed by atoms with Crippen LogP contribution in [0.25, 0.3) is 0 Å². The van der Waals surface area contributed by atoms with Crippen molar-refractivity contribution in [2.75, 3.05) is 13.6 Å². The van der Waals surface area contributed by atoms with Gasteiger partial charge in [0, 0.05) is 13.1 Å². The maximum atomic E-state index is 12.1. The molecule has 0 aliphatic heterocycles. The van der Waals surface area contributed by atoms with Crippen LogP contribution in [0.2, 0.25) is 0 Å². The molecule has 17 heavy (non-hydrogen) atoms. The van der Waals surface area contributed by atoms with E-state index in [-0.39, 0.29) is 11.9 Å². The van der Waals surface area contributed by atoms with E-state index in [2.05, 4.69) is 0 Å². The zero-order chi connectivity index (χ0) is 12.8. The van der Waals surface area contributed by atoms with E-state index in [4.69, 9.17) is 5.73 Å². The lowest BCUT2D eigenvalue weighted by Crippen LogP contribution is -2.37. The molecule has 3 heteroatoms. The Hall–Kier alpha value is -1.35. The van der Waals surface area contributed by atoms with E-state index >= 15 is 0 Å². The van der Waals surface area contributed by atoms with Crippen LogP contribution in [0.4, 0.5) is 0 Å². The summed E-state index contributed by atoms with van der Waals surface area (Å²) in [4.78, 5) is 13.9. The van der Waals surface area contributed by atoms with E-state index < -0.39 is 0 Å². The molecule has 0 fully saturated rings. The molecular weight excluding hydrogens is 212 g/mol. The van der Waals surface area contributed by atoms with E-state index in [1.54, 1.807) is 4.90 Å². The lowest BCUT2D eigenvalue weighted by molar-refractivity contribution is -0.131. The van der Waals surface area contributed by atoms with Gasteiger partial charge in [0.25, 0.3) is 0 Å². The highest BCUT2D eigenvalue weighted by atomic mass is 16.2. The molecule has 1 rings (SSSR count). The molecule has 0 saturated carbocycles. The lowest BCUT2D eigenvalue weighted by Gasteiger charge is -2.24. The van der Waals surface area contributed by atoms with E-state index in [0.717, 1.165) is 12.0 Å². The zero-order valence-electron chi connectivity index (χ0n) is 10.9. The van der Waals surface area contributed by atoms with Crippen LogP contribution >= 0.6 is 0 Å². The van der Waals surface area contributed by atoms with E-state index in [9.17, 15) is 4.79 Å². The van der Waals surface area contributed by atoms with E-state index in [0.29, 0.717) is 13.0 Å². The molecule has 1 aromatic carbocycles. The standard InChI is InChI=1S/C14H22N2O/c1-11-6-4-5-7-13(11)10-14(17)16(3)12(2)8-9-15/h4-7,12H,8-10,15H2,1-3H3. The Morgan fingerprint density at radius 1 is 1.41 bits per heavy atom. The Labute approximate surface area is 104 Å². The molecule has 0 spiro atoms. The molecule has 0 aromatic heterocycles. The molecule has 1 aromatic rings. The van der Waals surface area contributed by atoms with Gasteiger partial charge in [-0.05, 0) is 37.9 Å². The van der Waals surface area contributed by atoms with Crippen molar-refractivity contribution in [2.45, 2.75) is 32.7 Å². The van der Waals surface area contributed by atoms with Crippen molar-refractivity contribution in [3.8, 4) is 0 Å². The predicted octanol–water partition coefficient (Wildman–Crippen LogP) is 1.73. The number of nitrogens with zero attached hydrogens (tertiary/aromatic N) is 1.